The van der Waals surface area contributed by atoms with Crippen molar-refractivity contribution in [3.63, 3.8) is 0 Å². The molecule has 0 amide bonds. The Morgan fingerprint density at radius 1 is 1.14 bits per heavy atom. The van der Waals surface area contributed by atoms with E-state index in [-0.39, 0.29) is 11.9 Å². The molecule has 6 heteroatoms. The number of aliphatic hydroxyl groups excluding tert-OH is 1. The quantitative estimate of drug-likeness (QED) is 0.848. The fourth-order valence-electron chi connectivity index (χ4n) is 2.49. The van der Waals surface area contributed by atoms with Gasteiger partial charge >= 0.3 is 0 Å². The van der Waals surface area contributed by atoms with E-state index in [2.05, 4.69) is 4.90 Å². The number of hydrogen-bond acceptors (Lipinski definition) is 4. The summed E-state index contributed by atoms with van der Waals surface area (Å²) in [6.07, 6.45) is 0.407. The van der Waals surface area contributed by atoms with Crippen LogP contribution in [0.1, 0.15) is 18.9 Å². The lowest BCUT2D eigenvalue weighted by Gasteiger charge is -2.34. The first-order valence-corrected chi connectivity index (χ1v) is 9.04. The number of sulfonamides is 1. The van der Waals surface area contributed by atoms with Gasteiger partial charge in [-0.3, -0.25) is 4.90 Å². The molecule has 1 saturated heterocycles. The van der Waals surface area contributed by atoms with Crippen LogP contribution in [-0.4, -0.2) is 61.6 Å². The van der Waals surface area contributed by atoms with Crippen LogP contribution in [-0.2, 0) is 15.8 Å². The zero-order valence-corrected chi connectivity index (χ0v) is 13.3. The second kappa shape index (κ2) is 7.35. The zero-order chi connectivity index (χ0) is 15.3. The molecule has 0 radical (unpaired) electrons. The molecule has 1 unspecified atom stereocenters. The van der Waals surface area contributed by atoms with Crippen molar-refractivity contribution < 1.29 is 13.5 Å². The molecule has 1 heterocycles. The molecule has 5 nitrogen and oxygen atoms in total. The Morgan fingerprint density at radius 2 is 1.76 bits per heavy atom. The van der Waals surface area contributed by atoms with Gasteiger partial charge in [0, 0.05) is 32.7 Å². The van der Waals surface area contributed by atoms with Crippen LogP contribution in [0.4, 0.5) is 0 Å². The molecule has 21 heavy (non-hydrogen) atoms. The first-order valence-electron chi connectivity index (χ1n) is 7.43. The predicted molar refractivity (Wildman–Crippen MR) is 83.4 cm³/mol. The molecule has 1 fully saturated rings. The van der Waals surface area contributed by atoms with E-state index in [0.29, 0.717) is 32.7 Å². The van der Waals surface area contributed by atoms with E-state index >= 15 is 0 Å². The lowest BCUT2D eigenvalue weighted by Crippen LogP contribution is -2.50. The van der Waals surface area contributed by atoms with Crippen molar-refractivity contribution in [3.05, 3.63) is 35.9 Å². The summed E-state index contributed by atoms with van der Waals surface area (Å²) < 4.78 is 26.4. The van der Waals surface area contributed by atoms with Gasteiger partial charge in [0.05, 0.1) is 11.9 Å². The van der Waals surface area contributed by atoms with E-state index in [1.165, 1.54) is 0 Å². The molecule has 2 rings (SSSR count). The molecule has 1 aromatic rings. The molecule has 1 aliphatic heterocycles. The van der Waals surface area contributed by atoms with Gasteiger partial charge in [0.1, 0.15) is 0 Å². The Kier molecular flexibility index (Phi) is 5.75. The third kappa shape index (κ3) is 4.78. The molecule has 0 aromatic heterocycles. The van der Waals surface area contributed by atoms with Crippen molar-refractivity contribution >= 4 is 10.0 Å². The molecule has 1 N–H and O–H groups in total. The topological polar surface area (TPSA) is 60.9 Å². The van der Waals surface area contributed by atoms with Crippen LogP contribution in [0.15, 0.2) is 30.3 Å². The maximum absolute atomic E-state index is 12.4. The van der Waals surface area contributed by atoms with Crippen molar-refractivity contribution in [2.75, 3.05) is 32.7 Å². The molecule has 1 aliphatic rings. The minimum absolute atomic E-state index is 0.0609. The summed E-state index contributed by atoms with van der Waals surface area (Å²) in [5.74, 6) is 0.0609. The number of benzene rings is 1. The van der Waals surface area contributed by atoms with Crippen molar-refractivity contribution in [2.45, 2.75) is 25.2 Å². The largest absolute Gasteiger partial charge is 0.392 e. The molecule has 1 aromatic carbocycles. The van der Waals surface area contributed by atoms with E-state index in [9.17, 15) is 13.5 Å². The fourth-order valence-corrected chi connectivity index (χ4v) is 4.01. The Labute approximate surface area is 127 Å². The monoisotopic (exact) mass is 312 g/mol. The molecule has 1 atom stereocenters. The van der Waals surface area contributed by atoms with Gasteiger partial charge in [-0.2, -0.15) is 4.31 Å². The van der Waals surface area contributed by atoms with Crippen molar-refractivity contribution in [2.24, 2.45) is 0 Å². The van der Waals surface area contributed by atoms with E-state index in [0.717, 1.165) is 12.0 Å². The van der Waals surface area contributed by atoms with Gasteiger partial charge in [-0.1, -0.05) is 37.3 Å². The molecule has 0 saturated carbocycles. The minimum Gasteiger partial charge on any atom is -0.392 e. The summed E-state index contributed by atoms with van der Waals surface area (Å²) in [6, 6.07) is 9.27. The van der Waals surface area contributed by atoms with E-state index in [4.69, 9.17) is 0 Å². The SMILES string of the molecule is CCC(O)CN1CCN(S(=O)(=O)Cc2ccccc2)CC1. The van der Waals surface area contributed by atoms with Crippen molar-refractivity contribution in [1.29, 1.82) is 0 Å². The van der Waals surface area contributed by atoms with Crippen molar-refractivity contribution in [3.8, 4) is 0 Å². The number of rotatable bonds is 6. The second-order valence-corrected chi connectivity index (χ2v) is 7.47. The highest BCUT2D eigenvalue weighted by Crippen LogP contribution is 2.14. The van der Waals surface area contributed by atoms with Gasteiger partial charge in [-0.15, -0.1) is 0 Å². The lowest BCUT2D eigenvalue weighted by atomic mass is 10.2. The Balaban J connectivity index is 1.89. The maximum atomic E-state index is 12.4. The van der Waals surface area contributed by atoms with Crippen molar-refractivity contribution in [1.82, 2.24) is 9.21 Å². The molecular weight excluding hydrogens is 288 g/mol. The van der Waals surface area contributed by atoms with Crippen LogP contribution in [0.3, 0.4) is 0 Å². The molecular formula is C15H24N2O3S. The van der Waals surface area contributed by atoms with Crippen LogP contribution in [0.5, 0.6) is 0 Å². The van der Waals surface area contributed by atoms with Gasteiger partial charge in [0.2, 0.25) is 10.0 Å². The van der Waals surface area contributed by atoms with Crippen LogP contribution in [0, 0.1) is 0 Å². The molecule has 0 aliphatic carbocycles. The van der Waals surface area contributed by atoms with Gasteiger partial charge in [0.15, 0.2) is 0 Å². The first kappa shape index (κ1) is 16.4. The highest BCUT2D eigenvalue weighted by Gasteiger charge is 2.27. The summed E-state index contributed by atoms with van der Waals surface area (Å²) in [5, 5.41) is 9.66. The summed E-state index contributed by atoms with van der Waals surface area (Å²) in [6.45, 7) is 4.96. The smallest absolute Gasteiger partial charge is 0.218 e. The average Bonchev–Trinajstić information content (AvgIpc) is 2.48. The highest BCUT2D eigenvalue weighted by molar-refractivity contribution is 7.88. The van der Waals surface area contributed by atoms with E-state index in [1.807, 2.05) is 37.3 Å². The first-order chi connectivity index (χ1) is 10.0. The normalized spacial score (nSPS) is 19.5. The number of β-amino-alcohol motifs (C(OH)–C–C–N with tert-alkyl or cyclic N) is 1. The summed E-state index contributed by atoms with van der Waals surface area (Å²) >= 11 is 0. The highest BCUT2D eigenvalue weighted by atomic mass is 32.2. The van der Waals surface area contributed by atoms with Crippen LogP contribution >= 0.6 is 0 Å². The fraction of sp³-hybridized carbons (Fsp3) is 0.600. The van der Waals surface area contributed by atoms with Gasteiger partial charge < -0.3 is 5.11 Å². The van der Waals surface area contributed by atoms with Gasteiger partial charge in [-0.05, 0) is 12.0 Å². The summed E-state index contributed by atoms with van der Waals surface area (Å²) in [5.41, 5.74) is 0.821. The maximum Gasteiger partial charge on any atom is 0.218 e. The lowest BCUT2D eigenvalue weighted by molar-refractivity contribution is 0.0896. The zero-order valence-electron chi connectivity index (χ0n) is 12.5. The molecule has 0 spiro atoms. The summed E-state index contributed by atoms with van der Waals surface area (Å²) in [7, 11) is -3.25. The third-order valence-electron chi connectivity index (χ3n) is 3.86. The standard InChI is InChI=1S/C15H24N2O3S/c1-2-15(18)12-16-8-10-17(11-9-16)21(19,20)13-14-6-4-3-5-7-14/h3-7,15,18H,2,8-13H2,1H3. The Hall–Kier alpha value is -0.950. The number of aliphatic hydroxyl groups is 1. The van der Waals surface area contributed by atoms with Gasteiger partial charge in [0.25, 0.3) is 0 Å². The summed E-state index contributed by atoms with van der Waals surface area (Å²) in [4.78, 5) is 2.13. The van der Waals surface area contributed by atoms with Crippen LogP contribution < -0.4 is 0 Å². The Morgan fingerprint density at radius 3 is 2.33 bits per heavy atom. The van der Waals surface area contributed by atoms with E-state index in [1.54, 1.807) is 4.31 Å². The number of piperazine rings is 1. The second-order valence-electron chi connectivity index (χ2n) is 5.50. The molecule has 0 bridgehead atoms. The van der Waals surface area contributed by atoms with Crippen LogP contribution in [0.25, 0.3) is 0 Å². The number of nitrogens with zero attached hydrogens (tertiary/aromatic N) is 2. The Bertz CT molecular complexity index is 525. The third-order valence-corrected chi connectivity index (χ3v) is 5.71. The van der Waals surface area contributed by atoms with Crippen LogP contribution in [0.2, 0.25) is 0 Å². The molecule has 118 valence electrons. The predicted octanol–water partition coefficient (Wildman–Crippen LogP) is 0.905. The number of hydrogen-bond donors (Lipinski definition) is 1. The van der Waals surface area contributed by atoms with Gasteiger partial charge in [-0.25, -0.2) is 8.42 Å². The van der Waals surface area contributed by atoms with E-state index < -0.39 is 10.0 Å². The minimum atomic E-state index is -3.25. The average molecular weight is 312 g/mol.